The van der Waals surface area contributed by atoms with Gasteiger partial charge in [0.25, 0.3) is 0 Å². The zero-order valence-electron chi connectivity index (χ0n) is 11.2. The van der Waals surface area contributed by atoms with Crippen LogP contribution in [-0.4, -0.2) is 36.1 Å². The number of piperazine rings is 1. The number of hydrogen-bond acceptors (Lipinski definition) is 4. The molecule has 1 saturated heterocycles. The summed E-state index contributed by atoms with van der Waals surface area (Å²) in [6.07, 6.45) is 3.60. The third-order valence-corrected chi connectivity index (χ3v) is 3.27. The van der Waals surface area contributed by atoms with Crippen LogP contribution in [0.4, 0.5) is 11.4 Å². The summed E-state index contributed by atoms with van der Waals surface area (Å²) in [6, 6.07) is 2.04. The summed E-state index contributed by atoms with van der Waals surface area (Å²) in [6.45, 7) is 8.24. The molecule has 1 aromatic rings. The number of carbonyl (C=O) groups is 1. The highest BCUT2D eigenvalue weighted by molar-refractivity contribution is 5.90. The second-order valence-electron chi connectivity index (χ2n) is 4.93. The van der Waals surface area contributed by atoms with E-state index >= 15 is 0 Å². The first-order valence-corrected chi connectivity index (χ1v) is 6.30. The van der Waals surface area contributed by atoms with Gasteiger partial charge in [-0.2, -0.15) is 0 Å². The van der Waals surface area contributed by atoms with Gasteiger partial charge in [0.05, 0.1) is 23.8 Å². The third kappa shape index (κ3) is 2.25. The van der Waals surface area contributed by atoms with Crippen molar-refractivity contribution in [3.05, 3.63) is 18.5 Å². The molecule has 1 aliphatic rings. The average Bonchev–Trinajstić information content (AvgIpc) is 2.33. The zero-order chi connectivity index (χ0) is 13.2. The second kappa shape index (κ2) is 4.84. The molecule has 0 atom stereocenters. The Hall–Kier alpha value is -1.78. The van der Waals surface area contributed by atoms with Crippen LogP contribution in [0, 0.1) is 0 Å². The van der Waals surface area contributed by atoms with E-state index in [0.717, 1.165) is 24.5 Å². The Bertz CT molecular complexity index is 444. The normalized spacial score (nSPS) is 18.4. The number of carbonyl (C=O) groups excluding carboxylic acids is 1. The summed E-state index contributed by atoms with van der Waals surface area (Å²) in [5.74, 6) is 0.0580. The molecule has 2 N–H and O–H groups in total. The number of hydrogen-bond donors (Lipinski definition) is 2. The summed E-state index contributed by atoms with van der Waals surface area (Å²) in [5.41, 5.74) is 1.43. The van der Waals surface area contributed by atoms with Gasteiger partial charge in [0.1, 0.15) is 5.54 Å². The van der Waals surface area contributed by atoms with Gasteiger partial charge in [-0.15, -0.1) is 0 Å². The highest BCUT2D eigenvalue weighted by atomic mass is 16.2. The Morgan fingerprint density at radius 3 is 3.00 bits per heavy atom. The van der Waals surface area contributed by atoms with E-state index in [2.05, 4.69) is 20.5 Å². The van der Waals surface area contributed by atoms with Crippen molar-refractivity contribution in [3.63, 3.8) is 0 Å². The number of amides is 1. The van der Waals surface area contributed by atoms with E-state index in [-0.39, 0.29) is 5.91 Å². The standard InChI is InChI=1S/C13H20N4O/c1-4-15-10-7-11(9-14-8-10)17-6-5-16-12(18)13(17,2)3/h7-9,15H,4-6H2,1-3H3,(H,16,18). The second-order valence-corrected chi connectivity index (χ2v) is 4.93. The molecular formula is C13H20N4O. The maximum atomic E-state index is 11.9. The molecule has 0 saturated carbocycles. The molecule has 0 aliphatic carbocycles. The van der Waals surface area contributed by atoms with Crippen molar-refractivity contribution in [1.82, 2.24) is 10.3 Å². The van der Waals surface area contributed by atoms with Crippen LogP contribution in [0.2, 0.25) is 0 Å². The fourth-order valence-corrected chi connectivity index (χ4v) is 2.23. The van der Waals surface area contributed by atoms with Gasteiger partial charge < -0.3 is 15.5 Å². The number of pyridine rings is 1. The Morgan fingerprint density at radius 1 is 1.50 bits per heavy atom. The summed E-state index contributed by atoms with van der Waals surface area (Å²) in [7, 11) is 0. The lowest BCUT2D eigenvalue weighted by molar-refractivity contribution is -0.126. The van der Waals surface area contributed by atoms with Crippen LogP contribution >= 0.6 is 0 Å². The van der Waals surface area contributed by atoms with E-state index in [0.29, 0.717) is 6.54 Å². The van der Waals surface area contributed by atoms with Crippen LogP contribution in [0.3, 0.4) is 0 Å². The van der Waals surface area contributed by atoms with Gasteiger partial charge in [-0.3, -0.25) is 9.78 Å². The smallest absolute Gasteiger partial charge is 0.245 e. The van der Waals surface area contributed by atoms with Crippen molar-refractivity contribution in [2.45, 2.75) is 26.3 Å². The van der Waals surface area contributed by atoms with Crippen molar-refractivity contribution in [3.8, 4) is 0 Å². The molecule has 0 radical (unpaired) electrons. The molecule has 2 heterocycles. The minimum absolute atomic E-state index is 0.0580. The number of anilines is 2. The lowest BCUT2D eigenvalue weighted by Gasteiger charge is -2.42. The number of rotatable bonds is 3. The minimum Gasteiger partial charge on any atom is -0.384 e. The van der Waals surface area contributed by atoms with Gasteiger partial charge in [-0.05, 0) is 26.8 Å². The molecule has 1 aromatic heterocycles. The molecule has 0 spiro atoms. The first-order valence-electron chi connectivity index (χ1n) is 6.30. The van der Waals surface area contributed by atoms with Gasteiger partial charge in [0.2, 0.25) is 5.91 Å². The number of nitrogens with one attached hydrogen (secondary N) is 2. The van der Waals surface area contributed by atoms with Gasteiger partial charge in [0.15, 0.2) is 0 Å². The van der Waals surface area contributed by atoms with Crippen LogP contribution in [0.5, 0.6) is 0 Å². The van der Waals surface area contributed by atoms with E-state index in [1.807, 2.05) is 26.8 Å². The third-order valence-electron chi connectivity index (χ3n) is 3.27. The van der Waals surface area contributed by atoms with Gasteiger partial charge in [0, 0.05) is 19.6 Å². The topological polar surface area (TPSA) is 57.3 Å². The first kappa shape index (κ1) is 12.7. The van der Waals surface area contributed by atoms with Crippen LogP contribution in [0.15, 0.2) is 18.5 Å². The fourth-order valence-electron chi connectivity index (χ4n) is 2.23. The molecule has 2 rings (SSSR count). The van der Waals surface area contributed by atoms with Crippen molar-refractivity contribution < 1.29 is 4.79 Å². The first-order chi connectivity index (χ1) is 8.55. The van der Waals surface area contributed by atoms with E-state index < -0.39 is 5.54 Å². The maximum Gasteiger partial charge on any atom is 0.245 e. The Morgan fingerprint density at radius 2 is 2.28 bits per heavy atom. The molecule has 0 bridgehead atoms. The van der Waals surface area contributed by atoms with Crippen molar-refractivity contribution in [1.29, 1.82) is 0 Å². The van der Waals surface area contributed by atoms with E-state index in [1.165, 1.54) is 0 Å². The summed E-state index contributed by atoms with van der Waals surface area (Å²) in [5, 5.41) is 6.13. The van der Waals surface area contributed by atoms with Crippen molar-refractivity contribution >= 4 is 17.3 Å². The van der Waals surface area contributed by atoms with Crippen LogP contribution in [0.25, 0.3) is 0 Å². The molecule has 1 fully saturated rings. The largest absolute Gasteiger partial charge is 0.384 e. The molecule has 0 aromatic carbocycles. The van der Waals surface area contributed by atoms with Gasteiger partial charge in [-0.1, -0.05) is 0 Å². The van der Waals surface area contributed by atoms with E-state index in [1.54, 1.807) is 12.4 Å². The van der Waals surface area contributed by atoms with E-state index in [9.17, 15) is 4.79 Å². The maximum absolute atomic E-state index is 11.9. The monoisotopic (exact) mass is 248 g/mol. The number of aromatic nitrogens is 1. The fraction of sp³-hybridized carbons (Fsp3) is 0.538. The molecule has 1 aliphatic heterocycles. The summed E-state index contributed by atoms with van der Waals surface area (Å²) < 4.78 is 0. The quantitative estimate of drug-likeness (QED) is 0.844. The predicted molar refractivity (Wildman–Crippen MR) is 72.8 cm³/mol. The SMILES string of the molecule is CCNc1cncc(N2CCNC(=O)C2(C)C)c1. The predicted octanol–water partition coefficient (Wildman–Crippen LogP) is 1.23. The van der Waals surface area contributed by atoms with Gasteiger partial charge >= 0.3 is 0 Å². The molecule has 98 valence electrons. The van der Waals surface area contributed by atoms with Crippen LogP contribution in [-0.2, 0) is 4.79 Å². The molecule has 5 heteroatoms. The lowest BCUT2D eigenvalue weighted by atomic mass is 9.98. The Balaban J connectivity index is 2.29. The highest BCUT2D eigenvalue weighted by Gasteiger charge is 2.37. The van der Waals surface area contributed by atoms with E-state index in [4.69, 9.17) is 0 Å². The molecule has 0 unspecified atom stereocenters. The van der Waals surface area contributed by atoms with Crippen LogP contribution in [0.1, 0.15) is 20.8 Å². The average molecular weight is 248 g/mol. The Kier molecular flexibility index (Phi) is 3.41. The Labute approximate surface area is 108 Å². The molecule has 5 nitrogen and oxygen atoms in total. The van der Waals surface area contributed by atoms with Crippen molar-refractivity contribution in [2.75, 3.05) is 29.9 Å². The summed E-state index contributed by atoms with van der Waals surface area (Å²) >= 11 is 0. The van der Waals surface area contributed by atoms with Crippen molar-refractivity contribution in [2.24, 2.45) is 0 Å². The van der Waals surface area contributed by atoms with Gasteiger partial charge in [-0.25, -0.2) is 0 Å². The molecule has 1 amide bonds. The molecular weight excluding hydrogens is 228 g/mol. The zero-order valence-corrected chi connectivity index (χ0v) is 11.2. The highest BCUT2D eigenvalue weighted by Crippen LogP contribution is 2.27. The lowest BCUT2D eigenvalue weighted by Crippen LogP contribution is -2.62. The minimum atomic E-state index is -0.537. The van der Waals surface area contributed by atoms with Crippen LogP contribution < -0.4 is 15.5 Å². The molecule has 18 heavy (non-hydrogen) atoms. The number of nitrogens with zero attached hydrogens (tertiary/aromatic N) is 2. The summed E-state index contributed by atoms with van der Waals surface area (Å²) in [4.78, 5) is 18.3.